The molecule has 0 spiro atoms. The van der Waals surface area contributed by atoms with Crippen molar-refractivity contribution in [3.05, 3.63) is 181 Å². The van der Waals surface area contributed by atoms with Crippen molar-refractivity contribution in [2.24, 2.45) is 0 Å². The lowest BCUT2D eigenvalue weighted by Gasteiger charge is -2.24. The van der Waals surface area contributed by atoms with Crippen LogP contribution in [0.3, 0.4) is 0 Å². The van der Waals surface area contributed by atoms with Gasteiger partial charge in [-0.05, 0) is 122 Å². The molecule has 0 bridgehead atoms. The molecule has 0 atom stereocenters. The second kappa shape index (κ2) is 10.4. The normalized spacial score (nSPS) is 13.5. The first-order chi connectivity index (χ1) is 25.1. The van der Waals surface area contributed by atoms with Crippen molar-refractivity contribution in [2.75, 3.05) is 0 Å². The molecule has 2 aliphatic carbocycles. The highest BCUT2D eigenvalue weighted by Gasteiger charge is 2.37. The molecule has 0 amide bonds. The van der Waals surface area contributed by atoms with Gasteiger partial charge >= 0.3 is 0 Å². The third-order valence-electron chi connectivity index (χ3n) is 11.7. The van der Waals surface area contributed by atoms with Crippen LogP contribution in [0.1, 0.15) is 25.0 Å². The lowest BCUT2D eigenvalue weighted by atomic mass is 9.79. The van der Waals surface area contributed by atoms with Crippen LogP contribution in [0, 0.1) is 0 Å². The van der Waals surface area contributed by atoms with Crippen LogP contribution in [0.2, 0.25) is 0 Å². The van der Waals surface area contributed by atoms with Gasteiger partial charge in [0.1, 0.15) is 0 Å². The first-order valence-corrected chi connectivity index (χ1v) is 18.0. The first kappa shape index (κ1) is 28.6. The van der Waals surface area contributed by atoms with Crippen LogP contribution in [0.4, 0.5) is 0 Å². The summed E-state index contributed by atoms with van der Waals surface area (Å²) in [5.41, 5.74) is 18.4. The average Bonchev–Trinajstić information content (AvgIpc) is 3.63. The Bertz CT molecular complexity index is 2920. The molecule has 0 N–H and O–H groups in total. The second-order valence-electron chi connectivity index (χ2n) is 14.8. The van der Waals surface area contributed by atoms with Gasteiger partial charge in [0.2, 0.25) is 0 Å². The zero-order valence-corrected chi connectivity index (χ0v) is 28.7. The molecule has 9 aromatic rings. The van der Waals surface area contributed by atoms with Gasteiger partial charge in [-0.3, -0.25) is 0 Å². The molecule has 0 heteroatoms. The van der Waals surface area contributed by atoms with Crippen molar-refractivity contribution >= 4 is 32.3 Å². The zero-order valence-electron chi connectivity index (χ0n) is 28.7. The molecule has 0 saturated carbocycles. The van der Waals surface area contributed by atoms with Crippen LogP contribution in [0.5, 0.6) is 0 Å². The quantitative estimate of drug-likeness (QED) is 0.179. The summed E-state index contributed by atoms with van der Waals surface area (Å²) in [5.74, 6) is 0. The largest absolute Gasteiger partial charge is 0.0622 e. The van der Waals surface area contributed by atoms with E-state index in [2.05, 4.69) is 184 Å². The minimum Gasteiger partial charge on any atom is -0.0622 e. The third-order valence-corrected chi connectivity index (χ3v) is 11.7. The van der Waals surface area contributed by atoms with E-state index in [1.807, 2.05) is 0 Å². The molecule has 0 heterocycles. The van der Waals surface area contributed by atoms with Crippen molar-refractivity contribution in [3.8, 4) is 66.8 Å². The van der Waals surface area contributed by atoms with Gasteiger partial charge in [-0.25, -0.2) is 0 Å². The molecule has 0 aromatic heterocycles. The summed E-state index contributed by atoms with van der Waals surface area (Å²) < 4.78 is 0. The highest BCUT2D eigenvalue weighted by Crippen LogP contribution is 2.58. The molecule has 11 rings (SSSR count). The highest BCUT2D eigenvalue weighted by molar-refractivity contribution is 6.27. The van der Waals surface area contributed by atoms with E-state index in [9.17, 15) is 0 Å². The Morgan fingerprint density at radius 3 is 1.63 bits per heavy atom. The summed E-state index contributed by atoms with van der Waals surface area (Å²) in [6.07, 6.45) is 0. The van der Waals surface area contributed by atoms with Crippen LogP contribution in [0.25, 0.3) is 99.1 Å². The van der Waals surface area contributed by atoms with E-state index in [-0.39, 0.29) is 5.41 Å². The Balaban J connectivity index is 1.15. The Kier molecular flexibility index (Phi) is 5.82. The summed E-state index contributed by atoms with van der Waals surface area (Å²) in [6, 6.07) is 63.5. The number of hydrogen-bond donors (Lipinski definition) is 0. The molecule has 0 radical (unpaired) electrons. The van der Waals surface area contributed by atoms with E-state index in [4.69, 9.17) is 0 Å². The van der Waals surface area contributed by atoms with Crippen molar-refractivity contribution < 1.29 is 0 Å². The van der Waals surface area contributed by atoms with Gasteiger partial charge in [0, 0.05) is 5.41 Å². The molecule has 9 aromatic carbocycles. The fourth-order valence-electron chi connectivity index (χ4n) is 9.57. The standard InChI is InChI=1S/C51H34/c1-51(2)44-30-35(26-27-38(44)41-28-25-31-13-6-7-20-37(31)50(41)51)34-18-10-19-36(29-34)47-40-22-9-8-21-39(40)46(33-14-4-3-5-15-33)48-42-23-11-16-32-17-12-24-43(45(32)42)49(47)48/h3-30H,1-2H3. The molecule has 238 valence electrons. The van der Waals surface area contributed by atoms with E-state index in [0.717, 1.165) is 0 Å². The van der Waals surface area contributed by atoms with Crippen molar-refractivity contribution in [3.63, 3.8) is 0 Å². The van der Waals surface area contributed by atoms with Gasteiger partial charge in [-0.15, -0.1) is 0 Å². The smallest absolute Gasteiger partial charge is 0.0165 e. The predicted molar refractivity (Wildman–Crippen MR) is 217 cm³/mol. The number of fused-ring (bicyclic) bond motifs is 9. The Morgan fingerprint density at radius 2 is 0.882 bits per heavy atom. The third kappa shape index (κ3) is 3.91. The summed E-state index contributed by atoms with van der Waals surface area (Å²) in [6.45, 7) is 4.79. The Morgan fingerprint density at radius 1 is 0.333 bits per heavy atom. The summed E-state index contributed by atoms with van der Waals surface area (Å²) >= 11 is 0. The monoisotopic (exact) mass is 646 g/mol. The van der Waals surface area contributed by atoms with Gasteiger partial charge in [-0.2, -0.15) is 0 Å². The minimum absolute atomic E-state index is 0.103. The molecule has 51 heavy (non-hydrogen) atoms. The zero-order chi connectivity index (χ0) is 33.8. The maximum absolute atomic E-state index is 2.46. The molecule has 0 aliphatic heterocycles. The summed E-state index contributed by atoms with van der Waals surface area (Å²) in [4.78, 5) is 0. The number of benzene rings is 9. The second-order valence-corrected chi connectivity index (χ2v) is 14.8. The molecule has 0 saturated heterocycles. The first-order valence-electron chi connectivity index (χ1n) is 18.0. The van der Waals surface area contributed by atoms with Crippen molar-refractivity contribution in [1.82, 2.24) is 0 Å². The minimum atomic E-state index is -0.103. The highest BCUT2D eigenvalue weighted by atomic mass is 14.4. The number of hydrogen-bond acceptors (Lipinski definition) is 0. The Hall–Kier alpha value is -6.24. The number of rotatable bonds is 3. The van der Waals surface area contributed by atoms with E-state index in [0.29, 0.717) is 0 Å². The molecular weight excluding hydrogens is 613 g/mol. The lowest BCUT2D eigenvalue weighted by Crippen LogP contribution is -2.15. The van der Waals surface area contributed by atoms with Crippen LogP contribution in [-0.2, 0) is 5.41 Å². The fraction of sp³-hybridized carbons (Fsp3) is 0.0588. The van der Waals surface area contributed by atoms with E-state index < -0.39 is 0 Å². The Labute approximate surface area is 298 Å². The molecule has 0 fully saturated rings. The maximum Gasteiger partial charge on any atom is 0.0165 e. The van der Waals surface area contributed by atoms with E-state index >= 15 is 0 Å². The molecule has 0 unspecified atom stereocenters. The van der Waals surface area contributed by atoms with Gasteiger partial charge in [0.05, 0.1) is 0 Å². The maximum atomic E-state index is 2.46. The van der Waals surface area contributed by atoms with Crippen LogP contribution < -0.4 is 0 Å². The molecule has 2 aliphatic rings. The predicted octanol–water partition coefficient (Wildman–Crippen LogP) is 14.1. The van der Waals surface area contributed by atoms with Crippen LogP contribution in [0.15, 0.2) is 170 Å². The van der Waals surface area contributed by atoms with Crippen molar-refractivity contribution in [2.45, 2.75) is 19.3 Å². The molecular formula is C51H34. The van der Waals surface area contributed by atoms with Crippen LogP contribution >= 0.6 is 0 Å². The summed E-state index contributed by atoms with van der Waals surface area (Å²) in [7, 11) is 0. The molecule has 0 nitrogen and oxygen atoms in total. The van der Waals surface area contributed by atoms with E-state index in [1.54, 1.807) is 0 Å². The average molecular weight is 647 g/mol. The van der Waals surface area contributed by atoms with Gasteiger partial charge < -0.3 is 0 Å². The SMILES string of the molecule is CC1(C)c2cc(-c3cccc(-c4c5c(c(-c6ccccc6)c6ccccc46)-c4cccc6cccc-5c46)c3)ccc2-c2ccc3ccccc3c21. The fourth-order valence-corrected chi connectivity index (χ4v) is 9.57. The van der Waals surface area contributed by atoms with Crippen molar-refractivity contribution in [1.29, 1.82) is 0 Å². The van der Waals surface area contributed by atoms with Gasteiger partial charge in [0.25, 0.3) is 0 Å². The van der Waals surface area contributed by atoms with E-state index in [1.165, 1.54) is 110 Å². The summed E-state index contributed by atoms with van der Waals surface area (Å²) in [5, 5.41) is 7.88. The topological polar surface area (TPSA) is 0 Å². The lowest BCUT2D eigenvalue weighted by molar-refractivity contribution is 0.666. The van der Waals surface area contributed by atoms with Crippen LogP contribution in [-0.4, -0.2) is 0 Å². The van der Waals surface area contributed by atoms with Gasteiger partial charge in [0.15, 0.2) is 0 Å². The van der Waals surface area contributed by atoms with Gasteiger partial charge in [-0.1, -0.05) is 172 Å².